The van der Waals surface area contributed by atoms with Crippen LogP contribution >= 0.6 is 0 Å². The molecule has 6 nitrogen and oxygen atoms in total. The lowest BCUT2D eigenvalue weighted by atomic mass is 9.93. The highest BCUT2D eigenvalue weighted by molar-refractivity contribution is 5.88. The number of anilines is 1. The topological polar surface area (TPSA) is 87.4 Å². The van der Waals surface area contributed by atoms with Crippen LogP contribution in [0.4, 0.5) is 10.6 Å². The Morgan fingerprint density at radius 1 is 1.65 bits per heavy atom. The predicted molar refractivity (Wildman–Crippen MR) is 63.7 cm³/mol. The maximum Gasteiger partial charge on any atom is 0.320 e. The smallest absolute Gasteiger partial charge is 0.320 e. The van der Waals surface area contributed by atoms with Crippen LogP contribution in [-0.4, -0.2) is 28.4 Å². The highest BCUT2D eigenvalue weighted by Gasteiger charge is 2.25. The molecule has 0 spiro atoms. The van der Waals surface area contributed by atoms with Crippen LogP contribution < -0.4 is 10.6 Å². The molecule has 2 amide bonds. The third-order valence-corrected chi connectivity index (χ3v) is 2.72. The highest BCUT2D eigenvalue weighted by atomic mass is 16.5. The molecule has 1 rings (SSSR count). The number of rotatable bonds is 4. The Balaban J connectivity index is 2.41. The summed E-state index contributed by atoms with van der Waals surface area (Å²) in [4.78, 5) is 11.5. The van der Waals surface area contributed by atoms with Crippen LogP contribution in [-0.2, 0) is 0 Å². The zero-order valence-corrected chi connectivity index (χ0v) is 10.6. The summed E-state index contributed by atoms with van der Waals surface area (Å²) in [5.74, 6) is 1.02. The molecule has 0 fully saturated rings. The third kappa shape index (κ3) is 4.07. The van der Waals surface area contributed by atoms with Crippen LogP contribution in [0, 0.1) is 12.8 Å². The molecule has 1 unspecified atom stereocenters. The Labute approximate surface area is 100 Å². The standard InChI is InChI=1S/C11H19N3O3/c1-7(2)11(4,16)6-12-10(15)13-9-5-8(3)17-14-9/h5,7,16H,6H2,1-4H3,(H2,12,13,14,15). The number of aliphatic hydroxyl groups is 1. The molecule has 0 aliphatic rings. The van der Waals surface area contributed by atoms with Crippen LogP contribution in [0.3, 0.4) is 0 Å². The molecule has 6 heteroatoms. The molecule has 1 aromatic rings. The highest BCUT2D eigenvalue weighted by Crippen LogP contribution is 2.14. The molecule has 1 atom stereocenters. The second kappa shape index (κ2) is 5.18. The lowest BCUT2D eigenvalue weighted by Gasteiger charge is -2.27. The predicted octanol–water partition coefficient (Wildman–Crippen LogP) is 1.51. The summed E-state index contributed by atoms with van der Waals surface area (Å²) in [5.41, 5.74) is -0.933. The zero-order valence-electron chi connectivity index (χ0n) is 10.6. The van der Waals surface area contributed by atoms with Gasteiger partial charge >= 0.3 is 6.03 Å². The third-order valence-electron chi connectivity index (χ3n) is 2.72. The number of hydrogen-bond acceptors (Lipinski definition) is 4. The fourth-order valence-electron chi connectivity index (χ4n) is 1.05. The van der Waals surface area contributed by atoms with Gasteiger partial charge in [0.15, 0.2) is 5.82 Å². The van der Waals surface area contributed by atoms with Crippen molar-refractivity contribution in [1.29, 1.82) is 0 Å². The Hall–Kier alpha value is -1.56. The molecular weight excluding hydrogens is 222 g/mol. The van der Waals surface area contributed by atoms with E-state index < -0.39 is 11.6 Å². The van der Waals surface area contributed by atoms with Gasteiger partial charge in [-0.15, -0.1) is 0 Å². The summed E-state index contributed by atoms with van der Waals surface area (Å²) in [5, 5.41) is 18.6. The van der Waals surface area contributed by atoms with Gasteiger partial charge in [-0.3, -0.25) is 5.32 Å². The molecule has 0 aromatic carbocycles. The van der Waals surface area contributed by atoms with E-state index in [1.807, 2.05) is 13.8 Å². The summed E-state index contributed by atoms with van der Waals surface area (Å²) in [6.07, 6.45) is 0. The van der Waals surface area contributed by atoms with E-state index in [1.165, 1.54) is 0 Å². The Morgan fingerprint density at radius 3 is 2.76 bits per heavy atom. The second-order valence-electron chi connectivity index (χ2n) is 4.64. The van der Waals surface area contributed by atoms with Crippen molar-refractivity contribution < 1.29 is 14.4 Å². The minimum Gasteiger partial charge on any atom is -0.388 e. The van der Waals surface area contributed by atoms with E-state index in [0.29, 0.717) is 11.6 Å². The summed E-state index contributed by atoms with van der Waals surface area (Å²) in [7, 11) is 0. The van der Waals surface area contributed by atoms with Crippen molar-refractivity contribution in [2.75, 3.05) is 11.9 Å². The van der Waals surface area contributed by atoms with Crippen molar-refractivity contribution in [2.24, 2.45) is 5.92 Å². The van der Waals surface area contributed by atoms with Gasteiger partial charge in [0.1, 0.15) is 5.76 Å². The molecule has 17 heavy (non-hydrogen) atoms. The molecule has 3 N–H and O–H groups in total. The van der Waals surface area contributed by atoms with E-state index in [4.69, 9.17) is 4.52 Å². The number of hydrogen-bond donors (Lipinski definition) is 3. The van der Waals surface area contributed by atoms with Gasteiger partial charge in [-0.1, -0.05) is 19.0 Å². The maximum absolute atomic E-state index is 11.5. The Morgan fingerprint density at radius 2 is 2.29 bits per heavy atom. The van der Waals surface area contributed by atoms with Crippen LogP contribution in [0.1, 0.15) is 26.5 Å². The number of amides is 2. The van der Waals surface area contributed by atoms with Crippen molar-refractivity contribution in [2.45, 2.75) is 33.3 Å². The van der Waals surface area contributed by atoms with Crippen molar-refractivity contribution in [3.8, 4) is 0 Å². The SMILES string of the molecule is Cc1cc(NC(=O)NCC(C)(O)C(C)C)no1. The molecule has 1 heterocycles. The summed E-state index contributed by atoms with van der Waals surface area (Å²) < 4.78 is 4.81. The van der Waals surface area contributed by atoms with Crippen LogP contribution in [0.15, 0.2) is 10.6 Å². The molecule has 96 valence electrons. The first-order valence-corrected chi connectivity index (χ1v) is 5.52. The monoisotopic (exact) mass is 241 g/mol. The minimum absolute atomic E-state index is 0.0529. The largest absolute Gasteiger partial charge is 0.388 e. The molecular formula is C11H19N3O3. The fourth-order valence-corrected chi connectivity index (χ4v) is 1.05. The number of aromatic nitrogens is 1. The van der Waals surface area contributed by atoms with Crippen molar-refractivity contribution >= 4 is 11.8 Å². The summed E-state index contributed by atoms with van der Waals surface area (Å²) in [6, 6.07) is 1.19. The van der Waals surface area contributed by atoms with Gasteiger partial charge in [0.05, 0.1) is 5.60 Å². The molecule has 0 saturated heterocycles. The van der Waals surface area contributed by atoms with E-state index >= 15 is 0 Å². The van der Waals surface area contributed by atoms with E-state index in [9.17, 15) is 9.90 Å². The fraction of sp³-hybridized carbons (Fsp3) is 0.636. The summed E-state index contributed by atoms with van der Waals surface area (Å²) in [6.45, 7) is 7.37. The van der Waals surface area contributed by atoms with Gasteiger partial charge in [-0.25, -0.2) is 4.79 Å². The van der Waals surface area contributed by atoms with Crippen LogP contribution in [0.2, 0.25) is 0 Å². The first kappa shape index (κ1) is 13.5. The van der Waals surface area contributed by atoms with Crippen molar-refractivity contribution in [1.82, 2.24) is 10.5 Å². The average molecular weight is 241 g/mol. The van der Waals surface area contributed by atoms with E-state index in [0.717, 1.165) is 0 Å². The van der Waals surface area contributed by atoms with Crippen LogP contribution in [0.25, 0.3) is 0 Å². The average Bonchev–Trinajstić information content (AvgIpc) is 2.61. The molecule has 0 aliphatic carbocycles. The number of carbonyl (C=O) groups is 1. The quantitative estimate of drug-likeness (QED) is 0.745. The van der Waals surface area contributed by atoms with Gasteiger partial charge in [0.25, 0.3) is 0 Å². The number of aryl methyl sites for hydroxylation is 1. The normalized spacial score (nSPS) is 14.5. The van der Waals surface area contributed by atoms with Crippen molar-refractivity contribution in [3.63, 3.8) is 0 Å². The zero-order chi connectivity index (χ0) is 13.1. The first-order chi connectivity index (χ1) is 7.81. The minimum atomic E-state index is -0.933. The first-order valence-electron chi connectivity index (χ1n) is 5.52. The van der Waals surface area contributed by atoms with E-state index in [1.54, 1.807) is 19.9 Å². The lowest BCUT2D eigenvalue weighted by Crippen LogP contribution is -2.45. The number of nitrogens with one attached hydrogen (secondary N) is 2. The van der Waals surface area contributed by atoms with Crippen molar-refractivity contribution in [3.05, 3.63) is 11.8 Å². The molecule has 0 aliphatic heterocycles. The molecule has 1 aromatic heterocycles. The molecule has 0 bridgehead atoms. The number of carbonyl (C=O) groups excluding carboxylic acids is 1. The molecule has 0 radical (unpaired) electrons. The second-order valence-corrected chi connectivity index (χ2v) is 4.64. The van der Waals surface area contributed by atoms with Gasteiger partial charge in [-0.05, 0) is 19.8 Å². The van der Waals surface area contributed by atoms with Gasteiger partial charge in [0, 0.05) is 12.6 Å². The van der Waals surface area contributed by atoms with E-state index in [2.05, 4.69) is 15.8 Å². The maximum atomic E-state index is 11.5. The Bertz CT molecular complexity index is 385. The Kier molecular flexibility index (Phi) is 4.11. The van der Waals surface area contributed by atoms with Crippen LogP contribution in [0.5, 0.6) is 0 Å². The van der Waals surface area contributed by atoms with E-state index in [-0.39, 0.29) is 12.5 Å². The van der Waals surface area contributed by atoms with Gasteiger partial charge in [0.2, 0.25) is 0 Å². The van der Waals surface area contributed by atoms with Gasteiger partial charge < -0.3 is 14.9 Å². The number of urea groups is 1. The summed E-state index contributed by atoms with van der Waals surface area (Å²) >= 11 is 0. The molecule has 0 saturated carbocycles. The lowest BCUT2D eigenvalue weighted by molar-refractivity contribution is 0.0170. The number of nitrogens with zero attached hydrogens (tertiary/aromatic N) is 1. The van der Waals surface area contributed by atoms with Gasteiger partial charge in [-0.2, -0.15) is 0 Å².